The van der Waals surface area contributed by atoms with Crippen LogP contribution in [0.4, 0.5) is 0 Å². The minimum atomic E-state index is -3.62. The molecule has 0 aromatic heterocycles. The van der Waals surface area contributed by atoms with Crippen LogP contribution in [0.5, 0.6) is 0 Å². The number of nitrogens with zero attached hydrogens (tertiary/aromatic N) is 2. The van der Waals surface area contributed by atoms with Crippen LogP contribution in [-0.2, 0) is 26.0 Å². The summed E-state index contributed by atoms with van der Waals surface area (Å²) in [6, 6.07) is 7.01. The topological polar surface area (TPSA) is 95.0 Å². The van der Waals surface area contributed by atoms with Crippen LogP contribution in [0.3, 0.4) is 0 Å². The first-order valence-corrected chi connectivity index (χ1v) is 11.9. The molecule has 2 aliphatic rings. The standard InChI is InChI=1S/C22H30N2O5S/c1-16(2)15-17-7-9-18(10-8-17)30(28,29)24-13-11-23(12-14-24)21(25)19-5-3-4-6-20(19)22(26)27/h3-4,7-10,16,19-20H,5-6,11-15H2,1-2H3,(H,26,27)/t19-,20-/m0/s1. The molecule has 0 spiro atoms. The average Bonchev–Trinajstić information content (AvgIpc) is 2.73. The molecule has 2 atom stereocenters. The van der Waals surface area contributed by atoms with E-state index in [2.05, 4.69) is 13.8 Å². The third-order valence-electron chi connectivity index (χ3n) is 5.82. The highest BCUT2D eigenvalue weighted by atomic mass is 32.2. The number of rotatable bonds is 6. The molecule has 7 nitrogen and oxygen atoms in total. The average molecular weight is 435 g/mol. The number of amides is 1. The predicted molar refractivity (Wildman–Crippen MR) is 113 cm³/mol. The highest BCUT2D eigenvalue weighted by molar-refractivity contribution is 7.89. The zero-order valence-corrected chi connectivity index (χ0v) is 18.3. The summed E-state index contributed by atoms with van der Waals surface area (Å²) in [7, 11) is -3.62. The molecular formula is C22H30N2O5S. The van der Waals surface area contributed by atoms with E-state index in [-0.39, 0.29) is 37.0 Å². The number of benzene rings is 1. The third kappa shape index (κ3) is 4.92. The summed E-state index contributed by atoms with van der Waals surface area (Å²) in [5, 5.41) is 9.41. The molecule has 0 saturated carbocycles. The Labute approximate surface area is 178 Å². The van der Waals surface area contributed by atoms with Gasteiger partial charge in [0.25, 0.3) is 0 Å². The van der Waals surface area contributed by atoms with Gasteiger partial charge in [-0.15, -0.1) is 0 Å². The van der Waals surface area contributed by atoms with Gasteiger partial charge in [0.05, 0.1) is 16.7 Å². The maximum atomic E-state index is 13.0. The van der Waals surface area contributed by atoms with Crippen molar-refractivity contribution in [1.29, 1.82) is 0 Å². The number of hydrogen-bond donors (Lipinski definition) is 1. The lowest BCUT2D eigenvalue weighted by Crippen LogP contribution is -2.53. The lowest BCUT2D eigenvalue weighted by atomic mass is 9.82. The molecule has 1 saturated heterocycles. The first-order chi connectivity index (χ1) is 14.2. The molecule has 1 aromatic carbocycles. The molecule has 8 heteroatoms. The summed E-state index contributed by atoms with van der Waals surface area (Å²) in [5.41, 5.74) is 1.11. The van der Waals surface area contributed by atoms with Crippen molar-refractivity contribution in [2.45, 2.75) is 38.0 Å². The smallest absolute Gasteiger partial charge is 0.307 e. The fraction of sp³-hybridized carbons (Fsp3) is 0.545. The molecule has 1 heterocycles. The van der Waals surface area contributed by atoms with E-state index in [1.807, 2.05) is 18.2 Å². The van der Waals surface area contributed by atoms with Gasteiger partial charge < -0.3 is 10.0 Å². The predicted octanol–water partition coefficient (Wildman–Crippen LogP) is 2.39. The van der Waals surface area contributed by atoms with Crippen molar-refractivity contribution in [2.75, 3.05) is 26.2 Å². The summed E-state index contributed by atoms with van der Waals surface area (Å²) in [4.78, 5) is 26.2. The Bertz CT molecular complexity index is 900. The summed E-state index contributed by atoms with van der Waals surface area (Å²) in [6.45, 7) is 5.21. The molecule has 1 aliphatic heterocycles. The van der Waals surface area contributed by atoms with Crippen molar-refractivity contribution < 1.29 is 23.1 Å². The van der Waals surface area contributed by atoms with Crippen molar-refractivity contribution in [3.63, 3.8) is 0 Å². The second-order valence-electron chi connectivity index (χ2n) is 8.47. The third-order valence-corrected chi connectivity index (χ3v) is 7.74. The molecule has 1 N–H and O–H groups in total. The van der Waals surface area contributed by atoms with Gasteiger partial charge in [-0.2, -0.15) is 4.31 Å². The first-order valence-electron chi connectivity index (χ1n) is 10.5. The minimum absolute atomic E-state index is 0.193. The van der Waals surface area contributed by atoms with E-state index < -0.39 is 27.8 Å². The number of aliphatic carboxylic acids is 1. The van der Waals surface area contributed by atoms with E-state index >= 15 is 0 Å². The maximum Gasteiger partial charge on any atom is 0.307 e. The largest absolute Gasteiger partial charge is 0.481 e. The fourth-order valence-corrected chi connectivity index (χ4v) is 5.58. The van der Waals surface area contributed by atoms with Crippen LogP contribution in [-0.4, -0.2) is 60.8 Å². The Balaban J connectivity index is 1.63. The Morgan fingerprint density at radius 2 is 1.57 bits per heavy atom. The number of hydrogen-bond acceptors (Lipinski definition) is 4. The molecule has 1 fully saturated rings. The Hall–Kier alpha value is -2.19. The first kappa shape index (κ1) is 22.5. The number of carbonyl (C=O) groups is 2. The number of carbonyl (C=O) groups excluding carboxylic acids is 1. The maximum absolute atomic E-state index is 13.0. The molecule has 0 radical (unpaired) electrons. The Kier molecular flexibility index (Phi) is 6.98. The summed E-state index contributed by atoms with van der Waals surface area (Å²) in [5.74, 6) is -1.95. The van der Waals surface area contributed by atoms with Gasteiger partial charge in [-0.1, -0.05) is 38.1 Å². The zero-order chi connectivity index (χ0) is 21.9. The van der Waals surface area contributed by atoms with Crippen LogP contribution in [0.1, 0.15) is 32.3 Å². The molecular weight excluding hydrogens is 404 g/mol. The van der Waals surface area contributed by atoms with E-state index in [0.29, 0.717) is 18.8 Å². The Morgan fingerprint density at radius 1 is 1.00 bits per heavy atom. The zero-order valence-electron chi connectivity index (χ0n) is 17.5. The monoisotopic (exact) mass is 434 g/mol. The van der Waals surface area contributed by atoms with Gasteiger partial charge in [-0.3, -0.25) is 9.59 Å². The van der Waals surface area contributed by atoms with Gasteiger partial charge in [-0.25, -0.2) is 8.42 Å². The van der Waals surface area contributed by atoms with Crippen molar-refractivity contribution >= 4 is 21.9 Å². The van der Waals surface area contributed by atoms with Gasteiger partial charge in [-0.05, 0) is 42.9 Å². The second kappa shape index (κ2) is 9.31. The van der Waals surface area contributed by atoms with Crippen molar-refractivity contribution in [3.05, 3.63) is 42.0 Å². The van der Waals surface area contributed by atoms with Crippen LogP contribution >= 0.6 is 0 Å². The van der Waals surface area contributed by atoms with Gasteiger partial charge in [0.1, 0.15) is 0 Å². The fourth-order valence-electron chi connectivity index (χ4n) is 4.16. The molecule has 0 unspecified atom stereocenters. The molecule has 30 heavy (non-hydrogen) atoms. The lowest BCUT2D eigenvalue weighted by Gasteiger charge is -2.37. The molecule has 1 aromatic rings. The SMILES string of the molecule is CC(C)Cc1ccc(S(=O)(=O)N2CCN(C(=O)[C@H]3CC=CC[C@@H]3C(=O)O)CC2)cc1. The van der Waals surface area contributed by atoms with Gasteiger partial charge >= 0.3 is 5.97 Å². The molecule has 1 amide bonds. The van der Waals surface area contributed by atoms with Crippen LogP contribution in [0, 0.1) is 17.8 Å². The van der Waals surface area contributed by atoms with Crippen LogP contribution in [0.25, 0.3) is 0 Å². The molecule has 3 rings (SSSR count). The minimum Gasteiger partial charge on any atom is -0.481 e. The van der Waals surface area contributed by atoms with Crippen molar-refractivity contribution in [2.24, 2.45) is 17.8 Å². The normalized spacial score (nSPS) is 23.0. The highest BCUT2D eigenvalue weighted by Crippen LogP contribution is 2.28. The van der Waals surface area contributed by atoms with Gasteiger partial charge in [0.15, 0.2) is 0 Å². The van der Waals surface area contributed by atoms with Crippen molar-refractivity contribution in [1.82, 2.24) is 9.21 Å². The second-order valence-corrected chi connectivity index (χ2v) is 10.4. The van der Waals surface area contributed by atoms with Gasteiger partial charge in [0, 0.05) is 26.2 Å². The van der Waals surface area contributed by atoms with Crippen molar-refractivity contribution in [3.8, 4) is 0 Å². The van der Waals surface area contributed by atoms with Crippen LogP contribution in [0.15, 0.2) is 41.3 Å². The van der Waals surface area contributed by atoms with E-state index in [0.717, 1.165) is 12.0 Å². The molecule has 164 valence electrons. The number of sulfonamides is 1. The van der Waals surface area contributed by atoms with Crippen LogP contribution < -0.4 is 0 Å². The van der Waals surface area contributed by atoms with E-state index in [1.165, 1.54) is 4.31 Å². The number of carboxylic acids is 1. The van der Waals surface area contributed by atoms with Gasteiger partial charge in [0.2, 0.25) is 15.9 Å². The van der Waals surface area contributed by atoms with Crippen LogP contribution in [0.2, 0.25) is 0 Å². The molecule has 1 aliphatic carbocycles. The van der Waals surface area contributed by atoms with E-state index in [9.17, 15) is 23.1 Å². The number of carboxylic acid groups (broad SMARTS) is 1. The lowest BCUT2D eigenvalue weighted by molar-refractivity contribution is -0.151. The quantitative estimate of drug-likeness (QED) is 0.694. The summed E-state index contributed by atoms with van der Waals surface area (Å²) < 4.78 is 27.4. The number of allylic oxidation sites excluding steroid dienone is 2. The molecule has 0 bridgehead atoms. The van der Waals surface area contributed by atoms with E-state index in [4.69, 9.17) is 0 Å². The van der Waals surface area contributed by atoms with E-state index in [1.54, 1.807) is 23.1 Å². The highest BCUT2D eigenvalue weighted by Gasteiger charge is 2.38. The summed E-state index contributed by atoms with van der Waals surface area (Å²) >= 11 is 0. The summed E-state index contributed by atoms with van der Waals surface area (Å²) in [6.07, 6.45) is 5.32. The number of piperazine rings is 1. The Morgan fingerprint density at radius 3 is 2.10 bits per heavy atom.